The molecule has 7 nitrogen and oxygen atoms in total. The molecule has 0 fully saturated rings. The number of carbonyl (C=O) groups is 1. The van der Waals surface area contributed by atoms with Crippen LogP contribution in [0.15, 0.2) is 29.7 Å². The lowest BCUT2D eigenvalue weighted by Crippen LogP contribution is -2.49. The summed E-state index contributed by atoms with van der Waals surface area (Å²) in [5.41, 5.74) is 0.0351. The van der Waals surface area contributed by atoms with Crippen LogP contribution in [-0.4, -0.2) is 36.9 Å². The third-order valence-corrected chi connectivity index (χ3v) is 4.91. The Balaban J connectivity index is 2.02. The van der Waals surface area contributed by atoms with E-state index in [0.29, 0.717) is 11.0 Å². The van der Waals surface area contributed by atoms with Crippen molar-refractivity contribution in [2.75, 3.05) is 5.75 Å². The summed E-state index contributed by atoms with van der Waals surface area (Å²) in [4.78, 5) is 16.1. The minimum Gasteiger partial charge on any atom is -0.337 e. The number of hydrogen-bond acceptors (Lipinski definition) is 6. The van der Waals surface area contributed by atoms with Crippen LogP contribution in [0.2, 0.25) is 0 Å². The molecular weight excluding hydrogens is 324 g/mol. The lowest BCUT2D eigenvalue weighted by atomic mass is 9.90. The highest BCUT2D eigenvalue weighted by Gasteiger charge is 2.30. The summed E-state index contributed by atoms with van der Waals surface area (Å²) in [6.45, 7) is 5.53. The van der Waals surface area contributed by atoms with Crippen molar-refractivity contribution in [3.8, 4) is 17.5 Å². The van der Waals surface area contributed by atoms with Gasteiger partial charge in [-0.05, 0) is 25.0 Å². The van der Waals surface area contributed by atoms with Crippen LogP contribution in [0.4, 0.5) is 0 Å². The Morgan fingerprint density at radius 3 is 2.67 bits per heavy atom. The molecule has 2 aromatic rings. The SMILES string of the molecule is CC(C)[C@](C)(C#N)NC(=O)CSc1nnc(-c2ccncc2)n1C. The van der Waals surface area contributed by atoms with Gasteiger partial charge in [0.1, 0.15) is 5.54 Å². The molecule has 0 unspecified atom stereocenters. The van der Waals surface area contributed by atoms with Crippen molar-refractivity contribution in [3.05, 3.63) is 24.5 Å². The highest BCUT2D eigenvalue weighted by Crippen LogP contribution is 2.22. The Morgan fingerprint density at radius 1 is 1.42 bits per heavy atom. The lowest BCUT2D eigenvalue weighted by Gasteiger charge is -2.27. The second-order valence-electron chi connectivity index (χ2n) is 5.91. The van der Waals surface area contributed by atoms with Gasteiger partial charge in [0.05, 0.1) is 11.8 Å². The molecule has 0 bridgehead atoms. The standard InChI is InChI=1S/C16H20N6OS/c1-11(2)16(3,10-17)19-13(23)9-24-15-21-20-14(22(15)4)12-5-7-18-8-6-12/h5-8,11H,9H2,1-4H3,(H,19,23)/t16-/m0/s1. The van der Waals surface area contributed by atoms with Gasteiger partial charge < -0.3 is 9.88 Å². The summed E-state index contributed by atoms with van der Waals surface area (Å²) < 4.78 is 1.83. The molecule has 0 aliphatic heterocycles. The predicted molar refractivity (Wildman–Crippen MR) is 92.0 cm³/mol. The number of aromatic nitrogens is 4. The highest BCUT2D eigenvalue weighted by atomic mass is 32.2. The number of amides is 1. The predicted octanol–water partition coefficient (Wildman–Crippen LogP) is 2.02. The Morgan fingerprint density at radius 2 is 2.08 bits per heavy atom. The van der Waals surface area contributed by atoms with Crippen molar-refractivity contribution in [2.24, 2.45) is 13.0 Å². The number of carbonyl (C=O) groups excluding carboxylic acids is 1. The van der Waals surface area contributed by atoms with Gasteiger partial charge in [0.2, 0.25) is 5.91 Å². The van der Waals surface area contributed by atoms with Crippen LogP contribution in [0.5, 0.6) is 0 Å². The number of nitrogens with one attached hydrogen (secondary N) is 1. The minimum atomic E-state index is -0.875. The second kappa shape index (κ2) is 7.45. The molecule has 0 radical (unpaired) electrons. The second-order valence-corrected chi connectivity index (χ2v) is 6.85. The van der Waals surface area contributed by atoms with Crippen molar-refractivity contribution in [1.82, 2.24) is 25.1 Å². The maximum Gasteiger partial charge on any atom is 0.231 e. The van der Waals surface area contributed by atoms with Gasteiger partial charge in [0.15, 0.2) is 11.0 Å². The number of hydrogen-bond donors (Lipinski definition) is 1. The maximum absolute atomic E-state index is 12.1. The van der Waals surface area contributed by atoms with E-state index >= 15 is 0 Å². The summed E-state index contributed by atoms with van der Waals surface area (Å²) in [5, 5.41) is 21.0. The van der Waals surface area contributed by atoms with Crippen LogP contribution in [0.1, 0.15) is 20.8 Å². The van der Waals surface area contributed by atoms with Crippen molar-refractivity contribution in [2.45, 2.75) is 31.5 Å². The quantitative estimate of drug-likeness (QED) is 0.805. The average molecular weight is 344 g/mol. The van der Waals surface area contributed by atoms with Gasteiger partial charge in [-0.25, -0.2) is 0 Å². The molecule has 2 aromatic heterocycles. The first-order chi connectivity index (χ1) is 11.4. The molecule has 24 heavy (non-hydrogen) atoms. The average Bonchev–Trinajstić information content (AvgIpc) is 2.94. The number of nitrogens with zero attached hydrogens (tertiary/aromatic N) is 5. The van der Waals surface area contributed by atoms with E-state index in [1.807, 2.05) is 37.6 Å². The first kappa shape index (κ1) is 17.9. The summed E-state index contributed by atoms with van der Waals surface area (Å²) in [6, 6.07) is 5.87. The Kier molecular flexibility index (Phi) is 5.57. The molecule has 8 heteroatoms. The molecule has 1 N–H and O–H groups in total. The molecule has 1 amide bonds. The van der Waals surface area contributed by atoms with Gasteiger partial charge in [0, 0.05) is 25.0 Å². The van der Waals surface area contributed by atoms with E-state index < -0.39 is 5.54 Å². The molecule has 2 heterocycles. The van der Waals surface area contributed by atoms with E-state index in [0.717, 1.165) is 5.56 Å². The zero-order valence-electron chi connectivity index (χ0n) is 14.1. The third kappa shape index (κ3) is 3.92. The van der Waals surface area contributed by atoms with Crippen molar-refractivity contribution in [3.63, 3.8) is 0 Å². The van der Waals surface area contributed by atoms with E-state index in [1.54, 1.807) is 19.3 Å². The normalized spacial score (nSPS) is 13.3. The maximum atomic E-state index is 12.1. The number of pyridine rings is 1. The number of thioether (sulfide) groups is 1. The summed E-state index contributed by atoms with van der Waals surface area (Å²) in [7, 11) is 1.85. The smallest absolute Gasteiger partial charge is 0.231 e. The molecule has 2 rings (SSSR count). The van der Waals surface area contributed by atoms with Gasteiger partial charge in [-0.15, -0.1) is 10.2 Å². The van der Waals surface area contributed by atoms with Crippen LogP contribution in [0.25, 0.3) is 11.4 Å². The van der Waals surface area contributed by atoms with E-state index in [-0.39, 0.29) is 17.6 Å². The largest absolute Gasteiger partial charge is 0.337 e. The van der Waals surface area contributed by atoms with Crippen LogP contribution < -0.4 is 5.32 Å². The van der Waals surface area contributed by atoms with Gasteiger partial charge in [-0.1, -0.05) is 25.6 Å². The third-order valence-electron chi connectivity index (χ3n) is 3.89. The summed E-state index contributed by atoms with van der Waals surface area (Å²) >= 11 is 1.29. The first-order valence-corrected chi connectivity index (χ1v) is 8.51. The summed E-state index contributed by atoms with van der Waals surface area (Å²) in [6.07, 6.45) is 3.39. The Bertz CT molecular complexity index is 752. The van der Waals surface area contributed by atoms with E-state index in [1.165, 1.54) is 11.8 Å². The zero-order valence-corrected chi connectivity index (χ0v) is 15.0. The highest BCUT2D eigenvalue weighted by molar-refractivity contribution is 7.99. The molecule has 0 spiro atoms. The van der Waals surface area contributed by atoms with Gasteiger partial charge in [-0.3, -0.25) is 9.78 Å². The van der Waals surface area contributed by atoms with Gasteiger partial charge in [-0.2, -0.15) is 5.26 Å². The molecule has 0 saturated heterocycles. The van der Waals surface area contributed by atoms with Gasteiger partial charge in [0.25, 0.3) is 0 Å². The van der Waals surface area contributed by atoms with Crippen molar-refractivity contribution in [1.29, 1.82) is 5.26 Å². The fourth-order valence-electron chi connectivity index (χ4n) is 1.95. The monoisotopic (exact) mass is 344 g/mol. The van der Waals surface area contributed by atoms with Crippen LogP contribution in [0.3, 0.4) is 0 Å². The minimum absolute atomic E-state index is 0.0181. The molecule has 0 saturated carbocycles. The van der Waals surface area contributed by atoms with Gasteiger partial charge >= 0.3 is 0 Å². The number of nitriles is 1. The molecule has 0 aliphatic carbocycles. The van der Waals surface area contributed by atoms with E-state index in [4.69, 9.17) is 0 Å². The van der Waals surface area contributed by atoms with E-state index in [2.05, 4.69) is 26.6 Å². The summed E-state index contributed by atoms with van der Waals surface area (Å²) in [5.74, 6) is 0.701. The van der Waals surface area contributed by atoms with Crippen LogP contribution in [-0.2, 0) is 11.8 Å². The molecule has 126 valence electrons. The fraction of sp³-hybridized carbons (Fsp3) is 0.438. The molecule has 1 atom stereocenters. The van der Waals surface area contributed by atoms with Crippen molar-refractivity contribution < 1.29 is 4.79 Å². The topological polar surface area (TPSA) is 96.5 Å². The molecular formula is C16H20N6OS. The molecule has 0 aromatic carbocycles. The van der Waals surface area contributed by atoms with Crippen LogP contribution >= 0.6 is 11.8 Å². The lowest BCUT2D eigenvalue weighted by molar-refractivity contribution is -0.120. The first-order valence-electron chi connectivity index (χ1n) is 7.52. The Hall–Kier alpha value is -2.40. The number of rotatable bonds is 6. The molecule has 0 aliphatic rings. The Labute approximate surface area is 145 Å². The van der Waals surface area contributed by atoms with Crippen molar-refractivity contribution >= 4 is 17.7 Å². The zero-order chi connectivity index (χ0) is 17.7. The van der Waals surface area contributed by atoms with Crippen LogP contribution in [0, 0.1) is 17.2 Å². The fourth-order valence-corrected chi connectivity index (χ4v) is 2.66. The van der Waals surface area contributed by atoms with E-state index in [9.17, 15) is 10.1 Å².